The van der Waals surface area contributed by atoms with E-state index in [0.29, 0.717) is 34.1 Å². The maximum atomic E-state index is 12.8. The van der Waals surface area contributed by atoms with Crippen molar-refractivity contribution >= 4 is 11.8 Å². The fourth-order valence-electron chi connectivity index (χ4n) is 2.92. The second-order valence-electron chi connectivity index (χ2n) is 5.89. The van der Waals surface area contributed by atoms with Crippen LogP contribution in [0, 0.1) is 0 Å². The van der Waals surface area contributed by atoms with Gasteiger partial charge in [-0.3, -0.25) is 9.59 Å². The van der Waals surface area contributed by atoms with Crippen LogP contribution >= 0.6 is 0 Å². The molecule has 142 valence electrons. The van der Waals surface area contributed by atoms with Crippen molar-refractivity contribution < 1.29 is 33.3 Å². The quantitative estimate of drug-likeness (QED) is 0.546. The number of hydrogen-bond donors (Lipinski definition) is 0. The Morgan fingerprint density at radius 2 is 1.70 bits per heavy atom. The summed E-state index contributed by atoms with van der Waals surface area (Å²) in [5, 5.41) is 0. The fourth-order valence-corrected chi connectivity index (χ4v) is 2.92. The molecule has 2 aromatic rings. The normalized spacial score (nSPS) is 13.0. The van der Waals surface area contributed by atoms with Crippen molar-refractivity contribution in [3.63, 3.8) is 0 Å². The van der Waals surface area contributed by atoms with Gasteiger partial charge in [-0.25, -0.2) is 0 Å². The number of methoxy groups -OCH3 is 3. The first-order valence-corrected chi connectivity index (χ1v) is 8.30. The van der Waals surface area contributed by atoms with E-state index in [2.05, 4.69) is 0 Å². The Balaban J connectivity index is 1.87. The van der Waals surface area contributed by atoms with Gasteiger partial charge in [0.1, 0.15) is 0 Å². The predicted molar refractivity (Wildman–Crippen MR) is 95.8 cm³/mol. The molecule has 0 spiro atoms. The van der Waals surface area contributed by atoms with Gasteiger partial charge in [0.2, 0.25) is 6.79 Å². The summed E-state index contributed by atoms with van der Waals surface area (Å²) >= 11 is 0. The zero-order chi connectivity index (χ0) is 19.4. The second kappa shape index (κ2) is 7.99. The number of Topliss-reactive ketones (excluding diaryl/α,β-unsaturated/α-hetero) is 1. The fraction of sp³-hybridized carbons (Fsp3) is 0.300. The van der Waals surface area contributed by atoms with Crippen LogP contribution in [0.25, 0.3) is 0 Å². The van der Waals surface area contributed by atoms with Gasteiger partial charge in [-0.1, -0.05) is 6.07 Å². The molecule has 27 heavy (non-hydrogen) atoms. The topological polar surface area (TPSA) is 80.3 Å². The molecule has 0 saturated carbocycles. The van der Waals surface area contributed by atoms with Crippen molar-refractivity contribution in [3.8, 4) is 23.0 Å². The van der Waals surface area contributed by atoms with E-state index in [-0.39, 0.29) is 19.0 Å². The molecule has 0 amide bonds. The van der Waals surface area contributed by atoms with Gasteiger partial charge in [-0.2, -0.15) is 0 Å². The molecule has 2 aromatic carbocycles. The van der Waals surface area contributed by atoms with Crippen molar-refractivity contribution in [2.45, 2.75) is 12.3 Å². The molecule has 0 aromatic heterocycles. The number of hydrogen-bond acceptors (Lipinski definition) is 7. The van der Waals surface area contributed by atoms with E-state index in [1.165, 1.54) is 21.3 Å². The molecular weight excluding hydrogens is 352 g/mol. The van der Waals surface area contributed by atoms with Crippen LogP contribution in [0.2, 0.25) is 0 Å². The van der Waals surface area contributed by atoms with Gasteiger partial charge >= 0.3 is 5.97 Å². The van der Waals surface area contributed by atoms with Gasteiger partial charge in [0.05, 0.1) is 27.2 Å². The summed E-state index contributed by atoms with van der Waals surface area (Å²) in [5.74, 6) is 0.640. The first-order valence-electron chi connectivity index (χ1n) is 8.30. The van der Waals surface area contributed by atoms with Gasteiger partial charge in [-0.15, -0.1) is 0 Å². The zero-order valence-electron chi connectivity index (χ0n) is 15.3. The summed E-state index contributed by atoms with van der Waals surface area (Å²) < 4.78 is 26.0. The Kier molecular flexibility index (Phi) is 5.49. The standard InChI is InChI=1S/C20H20O7/c1-23-16-6-5-13(9-18(16)24-2)15(21)10-14(20(22)25-3)12-4-7-17-19(8-12)27-11-26-17/h4-9,14H,10-11H2,1-3H3. The third kappa shape index (κ3) is 3.81. The molecule has 0 bridgehead atoms. The molecule has 0 radical (unpaired) electrons. The number of benzene rings is 2. The minimum Gasteiger partial charge on any atom is -0.493 e. The molecule has 1 unspecified atom stereocenters. The van der Waals surface area contributed by atoms with Gasteiger partial charge < -0.3 is 23.7 Å². The molecule has 1 aliphatic heterocycles. The lowest BCUT2D eigenvalue weighted by Gasteiger charge is -2.15. The number of esters is 1. The smallest absolute Gasteiger partial charge is 0.313 e. The van der Waals surface area contributed by atoms with Crippen LogP contribution in [-0.4, -0.2) is 39.9 Å². The van der Waals surface area contributed by atoms with Crippen molar-refractivity contribution in [2.24, 2.45) is 0 Å². The van der Waals surface area contributed by atoms with E-state index < -0.39 is 11.9 Å². The van der Waals surface area contributed by atoms with Gasteiger partial charge in [0.15, 0.2) is 28.8 Å². The molecule has 1 atom stereocenters. The predicted octanol–water partition coefficient (Wildman–Crippen LogP) is 2.96. The molecule has 0 aliphatic carbocycles. The Hall–Kier alpha value is -3.22. The third-order valence-corrected chi connectivity index (χ3v) is 4.38. The van der Waals surface area contributed by atoms with Crippen LogP contribution in [-0.2, 0) is 9.53 Å². The van der Waals surface area contributed by atoms with E-state index in [0.717, 1.165) is 0 Å². The van der Waals surface area contributed by atoms with Crippen molar-refractivity contribution in [3.05, 3.63) is 47.5 Å². The lowest BCUT2D eigenvalue weighted by atomic mass is 9.91. The van der Waals surface area contributed by atoms with Gasteiger partial charge in [0, 0.05) is 12.0 Å². The van der Waals surface area contributed by atoms with Crippen LogP contribution < -0.4 is 18.9 Å². The summed E-state index contributed by atoms with van der Waals surface area (Å²) in [6.45, 7) is 0.131. The summed E-state index contributed by atoms with van der Waals surface area (Å²) in [4.78, 5) is 25.1. The lowest BCUT2D eigenvalue weighted by Crippen LogP contribution is -2.18. The molecule has 0 saturated heterocycles. The molecular formula is C20H20O7. The van der Waals surface area contributed by atoms with E-state index >= 15 is 0 Å². The van der Waals surface area contributed by atoms with Gasteiger partial charge in [-0.05, 0) is 35.9 Å². The summed E-state index contributed by atoms with van der Waals surface area (Å²) in [7, 11) is 4.31. The highest BCUT2D eigenvalue weighted by molar-refractivity contribution is 5.99. The van der Waals surface area contributed by atoms with E-state index in [4.69, 9.17) is 23.7 Å². The maximum Gasteiger partial charge on any atom is 0.313 e. The lowest BCUT2D eigenvalue weighted by molar-refractivity contribution is -0.142. The van der Waals surface area contributed by atoms with Crippen molar-refractivity contribution in [2.75, 3.05) is 28.1 Å². The molecule has 7 nitrogen and oxygen atoms in total. The van der Waals surface area contributed by atoms with E-state index in [1.807, 2.05) is 0 Å². The summed E-state index contributed by atoms with van der Waals surface area (Å²) in [6.07, 6.45) is -0.0538. The summed E-state index contributed by atoms with van der Waals surface area (Å²) in [6, 6.07) is 10.0. The highest BCUT2D eigenvalue weighted by Gasteiger charge is 2.27. The van der Waals surface area contributed by atoms with Crippen molar-refractivity contribution in [1.29, 1.82) is 0 Å². The van der Waals surface area contributed by atoms with Crippen LogP contribution in [0.1, 0.15) is 28.3 Å². The number of ether oxygens (including phenoxy) is 5. The molecule has 3 rings (SSSR count). The molecule has 7 heteroatoms. The van der Waals surface area contributed by atoms with Crippen LogP contribution in [0.15, 0.2) is 36.4 Å². The van der Waals surface area contributed by atoms with Gasteiger partial charge in [0.25, 0.3) is 0 Å². The van der Waals surface area contributed by atoms with Crippen LogP contribution in [0.5, 0.6) is 23.0 Å². The molecule has 1 heterocycles. The SMILES string of the molecule is COC(=O)C(CC(=O)c1ccc(OC)c(OC)c1)c1ccc2c(c1)OCO2. The Bertz CT molecular complexity index is 859. The minimum atomic E-state index is -0.759. The number of carbonyl (C=O) groups excluding carboxylic acids is 2. The Morgan fingerprint density at radius 1 is 0.963 bits per heavy atom. The maximum absolute atomic E-state index is 12.8. The number of carbonyl (C=O) groups is 2. The highest BCUT2D eigenvalue weighted by Crippen LogP contribution is 2.36. The van der Waals surface area contributed by atoms with Crippen LogP contribution in [0.4, 0.5) is 0 Å². The molecule has 0 fully saturated rings. The van der Waals surface area contributed by atoms with E-state index in [1.54, 1.807) is 36.4 Å². The largest absolute Gasteiger partial charge is 0.493 e. The Morgan fingerprint density at radius 3 is 2.41 bits per heavy atom. The summed E-state index contributed by atoms with van der Waals surface area (Å²) in [5.41, 5.74) is 1.04. The van der Waals surface area contributed by atoms with Crippen LogP contribution in [0.3, 0.4) is 0 Å². The number of ketones is 1. The Labute approximate surface area is 156 Å². The molecule has 0 N–H and O–H groups in total. The van der Waals surface area contributed by atoms with E-state index in [9.17, 15) is 9.59 Å². The number of fused-ring (bicyclic) bond motifs is 1. The monoisotopic (exact) mass is 372 g/mol. The average molecular weight is 372 g/mol. The zero-order valence-corrected chi connectivity index (χ0v) is 15.3. The van der Waals surface area contributed by atoms with Crippen molar-refractivity contribution in [1.82, 2.24) is 0 Å². The highest BCUT2D eigenvalue weighted by atomic mass is 16.7. The third-order valence-electron chi connectivity index (χ3n) is 4.38. The molecule has 1 aliphatic rings. The average Bonchev–Trinajstić information content (AvgIpc) is 3.18. The number of rotatable bonds is 7. The minimum absolute atomic E-state index is 0.0538. The first kappa shape index (κ1) is 18.6. The first-order chi connectivity index (χ1) is 13.1. The second-order valence-corrected chi connectivity index (χ2v) is 5.89.